The highest BCUT2D eigenvalue weighted by Crippen LogP contribution is 2.30. The Balaban J connectivity index is 1.79. The van der Waals surface area contributed by atoms with Gasteiger partial charge in [-0.1, -0.05) is 68.9 Å². The van der Waals surface area contributed by atoms with Crippen molar-refractivity contribution in [3.8, 4) is 0 Å². The predicted octanol–water partition coefficient (Wildman–Crippen LogP) is 5.43. The van der Waals surface area contributed by atoms with Crippen LogP contribution in [0.5, 0.6) is 0 Å². The zero-order chi connectivity index (χ0) is 32.2. The molecule has 0 bridgehead atoms. The minimum atomic E-state index is -1.27. The van der Waals surface area contributed by atoms with E-state index in [0.29, 0.717) is 12.8 Å². The van der Waals surface area contributed by atoms with Gasteiger partial charge >= 0.3 is 6.09 Å². The van der Waals surface area contributed by atoms with Crippen LogP contribution in [0.25, 0.3) is 0 Å². The topological polar surface area (TPSA) is 131 Å². The molecule has 0 saturated heterocycles. The summed E-state index contributed by atoms with van der Waals surface area (Å²) in [6.07, 6.45) is 7.51. The molecule has 2 aliphatic rings. The molecule has 3 rings (SSSR count). The van der Waals surface area contributed by atoms with Crippen molar-refractivity contribution in [2.24, 2.45) is 11.8 Å². The first-order valence-electron chi connectivity index (χ1n) is 16.2. The molecule has 10 heteroatoms. The molecule has 44 heavy (non-hydrogen) atoms. The third-order valence-electron chi connectivity index (χ3n) is 8.31. The van der Waals surface area contributed by atoms with Gasteiger partial charge < -0.3 is 14.8 Å². The van der Waals surface area contributed by atoms with Crippen molar-refractivity contribution < 1.29 is 33.4 Å². The van der Waals surface area contributed by atoms with Crippen LogP contribution >= 0.6 is 0 Å². The molecule has 1 atom stereocenters. The lowest BCUT2D eigenvalue weighted by atomic mass is 9.86. The molecule has 0 spiro atoms. The number of hydrogen-bond donors (Lipinski definition) is 2. The molecule has 2 fully saturated rings. The zero-order valence-electron chi connectivity index (χ0n) is 27.0. The number of nitrogens with one attached hydrogen (secondary N) is 2. The Bertz CT molecular complexity index is 1120. The lowest BCUT2D eigenvalue weighted by molar-refractivity contribution is -0.159. The molecule has 244 valence electrons. The summed E-state index contributed by atoms with van der Waals surface area (Å²) in [5.74, 6) is -2.23. The van der Waals surface area contributed by atoms with Crippen LogP contribution in [0.2, 0.25) is 0 Å². The van der Waals surface area contributed by atoms with Crippen LogP contribution in [-0.2, 0) is 35.3 Å². The molecule has 1 aromatic carbocycles. The normalized spacial score (nSPS) is 17.6. The van der Waals surface area contributed by atoms with Crippen LogP contribution < -0.4 is 10.6 Å². The molecule has 1 aromatic rings. The van der Waals surface area contributed by atoms with Gasteiger partial charge in [-0.15, -0.1) is 0 Å². The van der Waals surface area contributed by atoms with E-state index in [1.54, 1.807) is 27.7 Å². The fourth-order valence-corrected chi connectivity index (χ4v) is 5.96. The SMILES string of the molecule is CC(C)(C)OC(=O)NC[C@](C)(COCc1ccccc1)N(C(=O)CCC(=O)NC(=O)C1CCCCC1)C(=O)C1CCCCC1. The number of rotatable bonds is 12. The highest BCUT2D eigenvalue weighted by Gasteiger charge is 2.43. The van der Waals surface area contributed by atoms with E-state index in [0.717, 1.165) is 56.9 Å². The maximum Gasteiger partial charge on any atom is 0.407 e. The lowest BCUT2D eigenvalue weighted by Gasteiger charge is -2.42. The third-order valence-corrected chi connectivity index (χ3v) is 8.31. The molecule has 2 N–H and O–H groups in total. The van der Waals surface area contributed by atoms with Gasteiger partial charge in [0.25, 0.3) is 0 Å². The van der Waals surface area contributed by atoms with E-state index in [4.69, 9.17) is 9.47 Å². The average Bonchev–Trinajstić information content (AvgIpc) is 2.99. The van der Waals surface area contributed by atoms with Crippen molar-refractivity contribution in [1.82, 2.24) is 15.5 Å². The maximum absolute atomic E-state index is 14.1. The number of amides is 5. The molecule has 0 radical (unpaired) electrons. The van der Waals surface area contributed by atoms with Crippen LogP contribution in [0.4, 0.5) is 4.79 Å². The summed E-state index contributed by atoms with van der Waals surface area (Å²) in [6, 6.07) is 9.53. The Morgan fingerprint density at radius 3 is 2.00 bits per heavy atom. The summed E-state index contributed by atoms with van der Waals surface area (Å²) in [5, 5.41) is 5.20. The fourth-order valence-electron chi connectivity index (χ4n) is 5.96. The highest BCUT2D eigenvalue weighted by atomic mass is 16.6. The van der Waals surface area contributed by atoms with Crippen LogP contribution in [0.1, 0.15) is 110 Å². The second-order valence-electron chi connectivity index (χ2n) is 13.5. The van der Waals surface area contributed by atoms with Gasteiger partial charge in [-0.3, -0.25) is 29.4 Å². The zero-order valence-corrected chi connectivity index (χ0v) is 27.0. The summed E-state index contributed by atoms with van der Waals surface area (Å²) < 4.78 is 11.5. The monoisotopic (exact) mass is 613 g/mol. The minimum Gasteiger partial charge on any atom is -0.444 e. The summed E-state index contributed by atoms with van der Waals surface area (Å²) in [6.45, 7) is 7.06. The van der Waals surface area contributed by atoms with Crippen LogP contribution in [-0.4, -0.2) is 58.9 Å². The Hall–Kier alpha value is -3.27. The van der Waals surface area contributed by atoms with Crippen molar-refractivity contribution in [2.45, 2.75) is 122 Å². The van der Waals surface area contributed by atoms with E-state index in [1.165, 1.54) is 4.90 Å². The highest BCUT2D eigenvalue weighted by molar-refractivity contribution is 6.01. The predicted molar refractivity (Wildman–Crippen MR) is 166 cm³/mol. The quantitative estimate of drug-likeness (QED) is 0.322. The number of benzene rings is 1. The van der Waals surface area contributed by atoms with Gasteiger partial charge in [0, 0.05) is 31.2 Å². The summed E-state index contributed by atoms with van der Waals surface area (Å²) in [5.41, 5.74) is -1.09. The standard InChI is InChI=1S/C34H51N3O7/c1-33(2,3)44-32(42)35-23-34(4,24-43-22-25-14-8-5-9-15-25)37(31(41)27-18-12-7-13-19-27)29(39)21-20-28(38)36-30(40)26-16-10-6-11-17-26/h5,8-9,14-15,26-27H,6-7,10-13,16-24H2,1-4H3,(H,35,42)(H,36,38,40)/t34-/m1/s1. The maximum atomic E-state index is 14.1. The van der Waals surface area contributed by atoms with E-state index < -0.39 is 29.0 Å². The van der Waals surface area contributed by atoms with E-state index in [9.17, 15) is 24.0 Å². The Morgan fingerprint density at radius 1 is 0.818 bits per heavy atom. The molecule has 0 aliphatic heterocycles. The van der Waals surface area contributed by atoms with Gasteiger partial charge in [0.2, 0.25) is 23.6 Å². The first-order valence-corrected chi connectivity index (χ1v) is 16.2. The molecule has 2 aliphatic carbocycles. The number of nitrogens with zero attached hydrogens (tertiary/aromatic N) is 1. The summed E-state index contributed by atoms with van der Waals surface area (Å²) in [4.78, 5) is 67.2. The minimum absolute atomic E-state index is 0.0474. The first-order chi connectivity index (χ1) is 20.9. The Morgan fingerprint density at radius 2 is 1.41 bits per heavy atom. The molecule has 2 saturated carbocycles. The van der Waals surface area contributed by atoms with E-state index in [2.05, 4.69) is 10.6 Å². The largest absolute Gasteiger partial charge is 0.444 e. The molecule has 0 aromatic heterocycles. The van der Waals surface area contributed by atoms with Crippen molar-refractivity contribution in [2.75, 3.05) is 13.2 Å². The number of imide groups is 2. The van der Waals surface area contributed by atoms with Crippen molar-refractivity contribution >= 4 is 29.7 Å². The Labute approximate surface area is 262 Å². The Kier molecular flexibility index (Phi) is 13.4. The number of carbonyl (C=O) groups excluding carboxylic acids is 5. The second-order valence-corrected chi connectivity index (χ2v) is 13.5. The number of ether oxygens (including phenoxy) is 2. The number of alkyl carbamates (subject to hydrolysis) is 1. The molecule has 5 amide bonds. The van der Waals surface area contributed by atoms with Gasteiger partial charge in [0.05, 0.1) is 18.8 Å². The molecule has 0 heterocycles. The van der Waals surface area contributed by atoms with Crippen molar-refractivity contribution in [3.63, 3.8) is 0 Å². The van der Waals surface area contributed by atoms with E-state index in [1.807, 2.05) is 30.3 Å². The van der Waals surface area contributed by atoms with Crippen LogP contribution in [0.15, 0.2) is 30.3 Å². The number of carbonyl (C=O) groups is 5. The smallest absolute Gasteiger partial charge is 0.407 e. The van der Waals surface area contributed by atoms with Gasteiger partial charge in [-0.25, -0.2) is 4.79 Å². The molecular formula is C34H51N3O7. The molecular weight excluding hydrogens is 562 g/mol. The second kappa shape index (κ2) is 16.7. The third kappa shape index (κ3) is 11.3. The molecule has 0 unspecified atom stereocenters. The lowest BCUT2D eigenvalue weighted by Crippen LogP contribution is -2.62. The van der Waals surface area contributed by atoms with Crippen LogP contribution in [0, 0.1) is 11.8 Å². The summed E-state index contributed by atoms with van der Waals surface area (Å²) in [7, 11) is 0. The van der Waals surface area contributed by atoms with Crippen LogP contribution in [0.3, 0.4) is 0 Å². The van der Waals surface area contributed by atoms with Crippen molar-refractivity contribution in [3.05, 3.63) is 35.9 Å². The van der Waals surface area contributed by atoms with E-state index in [-0.39, 0.29) is 56.3 Å². The molecule has 10 nitrogen and oxygen atoms in total. The average molecular weight is 614 g/mol. The summed E-state index contributed by atoms with van der Waals surface area (Å²) >= 11 is 0. The first kappa shape index (κ1) is 35.2. The van der Waals surface area contributed by atoms with Gasteiger partial charge in [-0.05, 0) is 58.9 Å². The van der Waals surface area contributed by atoms with Gasteiger partial charge in [0.15, 0.2) is 0 Å². The van der Waals surface area contributed by atoms with Crippen molar-refractivity contribution in [1.29, 1.82) is 0 Å². The van der Waals surface area contributed by atoms with Gasteiger partial charge in [0.1, 0.15) is 5.60 Å². The number of hydrogen-bond acceptors (Lipinski definition) is 7. The van der Waals surface area contributed by atoms with Gasteiger partial charge in [-0.2, -0.15) is 0 Å². The fraction of sp³-hybridized carbons (Fsp3) is 0.676. The van der Waals surface area contributed by atoms with E-state index >= 15 is 0 Å².